The Morgan fingerprint density at radius 1 is 1.17 bits per heavy atom. The molecule has 0 saturated heterocycles. The number of H-pyrrole nitrogens is 1. The van der Waals surface area contributed by atoms with Crippen LogP contribution in [0.25, 0.3) is 11.3 Å². The summed E-state index contributed by atoms with van der Waals surface area (Å²) in [5.74, 6) is -0.418. The van der Waals surface area contributed by atoms with Gasteiger partial charge in [0.15, 0.2) is 5.69 Å². The van der Waals surface area contributed by atoms with Gasteiger partial charge in [-0.15, -0.1) is 0 Å². The number of ether oxygens (including phenoxy) is 1. The van der Waals surface area contributed by atoms with Crippen molar-refractivity contribution in [3.63, 3.8) is 0 Å². The maximum atomic E-state index is 13.1. The van der Waals surface area contributed by atoms with Crippen LogP contribution in [0.4, 0.5) is 4.39 Å². The number of aromatic nitrogens is 3. The van der Waals surface area contributed by atoms with Crippen molar-refractivity contribution in [2.75, 3.05) is 0 Å². The fourth-order valence-electron chi connectivity index (χ4n) is 2.13. The molecule has 3 N–H and O–H groups in total. The van der Waals surface area contributed by atoms with Crippen molar-refractivity contribution in [2.45, 2.75) is 6.61 Å². The molecule has 0 radical (unpaired) electrons. The molecule has 7 heteroatoms. The van der Waals surface area contributed by atoms with Crippen LogP contribution in [0.3, 0.4) is 0 Å². The molecule has 6 nitrogen and oxygen atoms in total. The lowest BCUT2D eigenvalue weighted by Gasteiger charge is -2.08. The molecule has 0 aliphatic carbocycles. The standard InChI is InChI=1S/C16H13FN4O2/c17-12-5-1-3-10(7-12)9-23-13-6-2-4-11(8-13)14-15(16(18)22)20-21-19-14/h1-8H,9H2,(H2,18,22)(H,19,20,21). The number of aromatic amines is 1. The van der Waals surface area contributed by atoms with Gasteiger partial charge in [0.05, 0.1) is 0 Å². The van der Waals surface area contributed by atoms with Crippen molar-refractivity contribution in [1.82, 2.24) is 15.4 Å². The molecule has 0 atom stereocenters. The van der Waals surface area contributed by atoms with E-state index in [1.165, 1.54) is 12.1 Å². The Bertz CT molecular complexity index is 847. The van der Waals surface area contributed by atoms with Crippen LogP contribution in [0, 0.1) is 5.82 Å². The summed E-state index contributed by atoms with van der Waals surface area (Å²) in [6.07, 6.45) is 0. The normalized spacial score (nSPS) is 10.5. The predicted octanol–water partition coefficient (Wildman–Crippen LogP) is 2.29. The first kappa shape index (κ1) is 14.7. The molecule has 1 amide bonds. The van der Waals surface area contributed by atoms with E-state index in [1.54, 1.807) is 36.4 Å². The number of carbonyl (C=O) groups excluding carboxylic acids is 1. The lowest BCUT2D eigenvalue weighted by Crippen LogP contribution is -2.12. The van der Waals surface area contributed by atoms with E-state index >= 15 is 0 Å². The third-order valence-electron chi connectivity index (χ3n) is 3.18. The summed E-state index contributed by atoms with van der Waals surface area (Å²) in [6, 6.07) is 13.2. The van der Waals surface area contributed by atoms with Gasteiger partial charge in [-0.3, -0.25) is 4.79 Å². The van der Waals surface area contributed by atoms with E-state index in [2.05, 4.69) is 15.4 Å². The summed E-state index contributed by atoms with van der Waals surface area (Å²) in [4.78, 5) is 11.3. The van der Waals surface area contributed by atoms with Gasteiger partial charge in [-0.25, -0.2) is 4.39 Å². The molecule has 1 aromatic heterocycles. The van der Waals surface area contributed by atoms with Gasteiger partial charge in [-0.05, 0) is 29.8 Å². The van der Waals surface area contributed by atoms with Crippen molar-refractivity contribution >= 4 is 5.91 Å². The first-order valence-electron chi connectivity index (χ1n) is 6.82. The second-order valence-electron chi connectivity index (χ2n) is 4.83. The van der Waals surface area contributed by atoms with E-state index in [1.807, 2.05) is 0 Å². The maximum absolute atomic E-state index is 13.1. The Kier molecular flexibility index (Phi) is 4.01. The lowest BCUT2D eigenvalue weighted by atomic mass is 10.1. The number of primary amides is 1. The van der Waals surface area contributed by atoms with E-state index < -0.39 is 5.91 Å². The molecule has 0 saturated carbocycles. The van der Waals surface area contributed by atoms with Crippen LogP contribution in [0.2, 0.25) is 0 Å². The van der Waals surface area contributed by atoms with Crippen LogP contribution in [0.1, 0.15) is 16.1 Å². The molecule has 2 aromatic carbocycles. The first-order valence-corrected chi connectivity index (χ1v) is 6.82. The number of halogens is 1. The molecule has 116 valence electrons. The quantitative estimate of drug-likeness (QED) is 0.756. The van der Waals surface area contributed by atoms with Gasteiger partial charge in [0, 0.05) is 5.56 Å². The highest BCUT2D eigenvalue weighted by molar-refractivity contribution is 5.96. The molecule has 0 spiro atoms. The van der Waals surface area contributed by atoms with Crippen LogP contribution >= 0.6 is 0 Å². The molecule has 23 heavy (non-hydrogen) atoms. The third kappa shape index (κ3) is 3.34. The third-order valence-corrected chi connectivity index (χ3v) is 3.18. The van der Waals surface area contributed by atoms with Crippen LogP contribution in [0.5, 0.6) is 5.75 Å². The average molecular weight is 312 g/mol. The second kappa shape index (κ2) is 6.27. The second-order valence-corrected chi connectivity index (χ2v) is 4.83. The fraction of sp³-hybridized carbons (Fsp3) is 0.0625. The van der Waals surface area contributed by atoms with E-state index in [4.69, 9.17) is 10.5 Å². The minimum absolute atomic E-state index is 0.0623. The molecule has 0 unspecified atom stereocenters. The maximum Gasteiger partial charge on any atom is 0.271 e. The number of benzene rings is 2. The van der Waals surface area contributed by atoms with E-state index in [0.29, 0.717) is 17.0 Å². The molecular formula is C16H13FN4O2. The minimum Gasteiger partial charge on any atom is -0.489 e. The Balaban J connectivity index is 1.80. The smallest absolute Gasteiger partial charge is 0.271 e. The van der Waals surface area contributed by atoms with E-state index in [9.17, 15) is 9.18 Å². The van der Waals surface area contributed by atoms with Gasteiger partial charge in [0.2, 0.25) is 0 Å². The van der Waals surface area contributed by atoms with E-state index in [-0.39, 0.29) is 18.1 Å². The predicted molar refractivity (Wildman–Crippen MR) is 81.1 cm³/mol. The average Bonchev–Trinajstić information content (AvgIpc) is 3.03. The SMILES string of the molecule is NC(=O)c1n[nH]nc1-c1cccc(OCc2cccc(F)c2)c1. The summed E-state index contributed by atoms with van der Waals surface area (Å²) < 4.78 is 18.8. The van der Waals surface area contributed by atoms with Gasteiger partial charge in [-0.2, -0.15) is 15.4 Å². The van der Waals surface area contributed by atoms with Gasteiger partial charge >= 0.3 is 0 Å². The monoisotopic (exact) mass is 312 g/mol. The Hall–Kier alpha value is -3.22. The number of amides is 1. The number of nitrogens with zero attached hydrogens (tertiary/aromatic N) is 2. The summed E-state index contributed by atoms with van der Waals surface area (Å²) >= 11 is 0. The topological polar surface area (TPSA) is 93.9 Å². The number of carbonyl (C=O) groups is 1. The van der Waals surface area contributed by atoms with Crippen molar-refractivity contribution in [3.8, 4) is 17.0 Å². The molecule has 3 aromatic rings. The van der Waals surface area contributed by atoms with Crippen LogP contribution < -0.4 is 10.5 Å². The first-order chi connectivity index (χ1) is 11.1. The Morgan fingerprint density at radius 2 is 2.00 bits per heavy atom. The number of nitrogens with two attached hydrogens (primary N) is 1. The minimum atomic E-state index is -0.667. The summed E-state index contributed by atoms with van der Waals surface area (Å²) in [5, 5.41) is 10.0. The van der Waals surface area contributed by atoms with Gasteiger partial charge < -0.3 is 10.5 Å². The highest BCUT2D eigenvalue weighted by atomic mass is 19.1. The Morgan fingerprint density at radius 3 is 2.78 bits per heavy atom. The fourth-order valence-corrected chi connectivity index (χ4v) is 2.13. The van der Waals surface area contributed by atoms with E-state index in [0.717, 1.165) is 5.56 Å². The number of hydrogen-bond donors (Lipinski definition) is 2. The number of rotatable bonds is 5. The van der Waals surface area contributed by atoms with Gasteiger partial charge in [0.25, 0.3) is 5.91 Å². The van der Waals surface area contributed by atoms with Crippen LogP contribution in [-0.2, 0) is 6.61 Å². The highest BCUT2D eigenvalue weighted by Crippen LogP contribution is 2.24. The van der Waals surface area contributed by atoms with Gasteiger partial charge in [0.1, 0.15) is 23.9 Å². The molecule has 0 bridgehead atoms. The largest absolute Gasteiger partial charge is 0.489 e. The van der Waals surface area contributed by atoms with Crippen LogP contribution in [-0.4, -0.2) is 21.3 Å². The van der Waals surface area contributed by atoms with Crippen LogP contribution in [0.15, 0.2) is 48.5 Å². The van der Waals surface area contributed by atoms with Crippen molar-refractivity contribution in [1.29, 1.82) is 0 Å². The molecule has 1 heterocycles. The molecular weight excluding hydrogens is 299 g/mol. The molecule has 3 rings (SSSR count). The zero-order chi connectivity index (χ0) is 16.2. The summed E-state index contributed by atoms with van der Waals surface area (Å²) in [7, 11) is 0. The highest BCUT2D eigenvalue weighted by Gasteiger charge is 2.15. The lowest BCUT2D eigenvalue weighted by molar-refractivity contribution is 0.0996. The zero-order valence-corrected chi connectivity index (χ0v) is 12.0. The summed E-state index contributed by atoms with van der Waals surface area (Å²) in [6.45, 7) is 0.225. The number of nitrogens with one attached hydrogen (secondary N) is 1. The van der Waals surface area contributed by atoms with Crippen molar-refractivity contribution < 1.29 is 13.9 Å². The number of hydrogen-bond acceptors (Lipinski definition) is 4. The summed E-state index contributed by atoms with van der Waals surface area (Å²) in [5.41, 5.74) is 7.03. The molecule has 0 aliphatic rings. The zero-order valence-electron chi connectivity index (χ0n) is 12.0. The molecule has 0 fully saturated rings. The Labute approximate surface area is 131 Å². The van der Waals surface area contributed by atoms with Crippen molar-refractivity contribution in [3.05, 3.63) is 65.6 Å². The molecule has 0 aliphatic heterocycles. The van der Waals surface area contributed by atoms with Gasteiger partial charge in [-0.1, -0.05) is 24.3 Å². The van der Waals surface area contributed by atoms with Crippen molar-refractivity contribution in [2.24, 2.45) is 5.73 Å².